The summed E-state index contributed by atoms with van der Waals surface area (Å²) in [5.41, 5.74) is 0. The van der Waals surface area contributed by atoms with Crippen molar-refractivity contribution in [2.45, 2.75) is 116 Å². The van der Waals surface area contributed by atoms with Crippen molar-refractivity contribution < 1.29 is 14.6 Å². The van der Waals surface area contributed by atoms with Crippen LogP contribution in [0.2, 0.25) is 0 Å². The molecule has 0 saturated heterocycles. The monoisotopic (exact) mass is 328 g/mol. The van der Waals surface area contributed by atoms with E-state index < -0.39 is 5.97 Å². The van der Waals surface area contributed by atoms with E-state index in [1.54, 1.807) is 0 Å². The van der Waals surface area contributed by atoms with Crippen LogP contribution in [0.15, 0.2) is 0 Å². The number of hydrogen-bond donors (Lipinski definition) is 1. The highest BCUT2D eigenvalue weighted by atomic mass is 16.5. The van der Waals surface area contributed by atoms with E-state index in [2.05, 4.69) is 13.8 Å². The van der Waals surface area contributed by atoms with Gasteiger partial charge in [0.1, 0.15) is 0 Å². The molecule has 0 aromatic carbocycles. The van der Waals surface area contributed by atoms with Crippen LogP contribution in [-0.4, -0.2) is 23.8 Å². The van der Waals surface area contributed by atoms with Crippen LogP contribution in [0, 0.1) is 0 Å². The molecule has 3 heteroatoms. The van der Waals surface area contributed by atoms with Crippen molar-refractivity contribution in [2.24, 2.45) is 0 Å². The van der Waals surface area contributed by atoms with Crippen LogP contribution in [0.3, 0.4) is 0 Å². The first-order chi connectivity index (χ1) is 11.2. The van der Waals surface area contributed by atoms with Crippen LogP contribution in [0.4, 0.5) is 0 Å². The second-order valence-corrected chi connectivity index (χ2v) is 6.77. The van der Waals surface area contributed by atoms with Gasteiger partial charge in [-0.1, -0.05) is 90.9 Å². The smallest absolute Gasteiger partial charge is 0.305 e. The Morgan fingerprint density at radius 1 is 0.783 bits per heavy atom. The molecule has 3 nitrogen and oxygen atoms in total. The van der Waals surface area contributed by atoms with Crippen LogP contribution in [-0.2, 0) is 9.53 Å². The van der Waals surface area contributed by atoms with Crippen molar-refractivity contribution in [3.63, 3.8) is 0 Å². The highest BCUT2D eigenvalue weighted by Crippen LogP contribution is 2.14. The van der Waals surface area contributed by atoms with Gasteiger partial charge in [0, 0.05) is 6.61 Å². The number of carboxylic acids is 1. The summed E-state index contributed by atoms with van der Waals surface area (Å²) >= 11 is 0. The molecule has 0 rings (SSSR count). The Morgan fingerprint density at radius 3 is 1.78 bits per heavy atom. The minimum atomic E-state index is -0.737. The number of carbonyl (C=O) groups is 1. The van der Waals surface area contributed by atoms with E-state index in [1.807, 2.05) is 0 Å². The summed E-state index contributed by atoms with van der Waals surface area (Å²) in [6.07, 6.45) is 17.4. The normalized spacial score (nSPS) is 12.4. The molecule has 0 fully saturated rings. The largest absolute Gasteiger partial charge is 0.481 e. The van der Waals surface area contributed by atoms with E-state index in [4.69, 9.17) is 9.84 Å². The van der Waals surface area contributed by atoms with Crippen LogP contribution < -0.4 is 0 Å². The Morgan fingerprint density at radius 2 is 1.26 bits per heavy atom. The highest BCUT2D eigenvalue weighted by molar-refractivity contribution is 5.67. The number of ether oxygens (including phenoxy) is 1. The fourth-order valence-corrected chi connectivity index (χ4v) is 2.90. The molecule has 0 radical (unpaired) electrons. The molecule has 23 heavy (non-hydrogen) atoms. The lowest BCUT2D eigenvalue weighted by Gasteiger charge is -2.16. The van der Waals surface area contributed by atoms with Gasteiger partial charge in [-0.25, -0.2) is 0 Å². The number of carboxylic acid groups (broad SMARTS) is 1. The Bertz CT molecular complexity index is 253. The maximum Gasteiger partial charge on any atom is 0.305 e. The van der Waals surface area contributed by atoms with Crippen LogP contribution in [0.25, 0.3) is 0 Å². The number of hydrogen-bond acceptors (Lipinski definition) is 2. The van der Waals surface area contributed by atoms with Gasteiger partial charge in [-0.2, -0.15) is 0 Å². The highest BCUT2D eigenvalue weighted by Gasteiger charge is 2.13. The average molecular weight is 329 g/mol. The van der Waals surface area contributed by atoms with E-state index in [0.29, 0.717) is 0 Å². The van der Waals surface area contributed by atoms with Crippen LogP contribution in [0.5, 0.6) is 0 Å². The van der Waals surface area contributed by atoms with Gasteiger partial charge in [0.2, 0.25) is 0 Å². The predicted molar refractivity (Wildman–Crippen MR) is 98.0 cm³/mol. The third kappa shape index (κ3) is 17.6. The summed E-state index contributed by atoms with van der Waals surface area (Å²) in [7, 11) is 0. The lowest BCUT2D eigenvalue weighted by Crippen LogP contribution is -2.18. The molecule has 0 bridgehead atoms. The molecule has 1 N–H and O–H groups in total. The Kier molecular flexibility index (Phi) is 17.3. The van der Waals surface area contributed by atoms with Gasteiger partial charge >= 0.3 is 5.97 Å². The second kappa shape index (κ2) is 17.8. The van der Waals surface area contributed by atoms with Gasteiger partial charge in [0.05, 0.1) is 12.5 Å². The van der Waals surface area contributed by atoms with E-state index in [1.165, 1.54) is 70.6 Å². The fourth-order valence-electron chi connectivity index (χ4n) is 2.90. The molecule has 0 aliphatic rings. The molecule has 0 saturated carbocycles. The summed E-state index contributed by atoms with van der Waals surface area (Å²) in [6.45, 7) is 5.16. The first-order valence-corrected chi connectivity index (χ1v) is 10.0. The lowest BCUT2D eigenvalue weighted by molar-refractivity contribution is -0.140. The van der Waals surface area contributed by atoms with Gasteiger partial charge in [-0.15, -0.1) is 0 Å². The molecular formula is C20H40O3. The fraction of sp³-hybridized carbons (Fsp3) is 0.950. The van der Waals surface area contributed by atoms with Crippen LogP contribution in [0.1, 0.15) is 110 Å². The summed E-state index contributed by atoms with van der Waals surface area (Å²) in [6, 6.07) is 0. The van der Waals surface area contributed by atoms with E-state index >= 15 is 0 Å². The van der Waals surface area contributed by atoms with Crippen molar-refractivity contribution in [2.75, 3.05) is 6.61 Å². The molecule has 1 atom stereocenters. The minimum Gasteiger partial charge on any atom is -0.481 e. The summed E-state index contributed by atoms with van der Waals surface area (Å²) in [5.74, 6) is -0.737. The summed E-state index contributed by atoms with van der Waals surface area (Å²) < 4.78 is 5.79. The summed E-state index contributed by atoms with van der Waals surface area (Å²) in [5, 5.41) is 8.99. The van der Waals surface area contributed by atoms with Gasteiger partial charge in [-0.05, 0) is 12.8 Å². The molecule has 0 unspecified atom stereocenters. The number of unbranched alkanes of at least 4 members (excludes halogenated alkanes) is 11. The van der Waals surface area contributed by atoms with Gasteiger partial charge in [0.25, 0.3) is 0 Å². The van der Waals surface area contributed by atoms with Crippen molar-refractivity contribution in [3.05, 3.63) is 0 Å². The maximum atomic E-state index is 10.9. The van der Waals surface area contributed by atoms with Crippen molar-refractivity contribution in [1.29, 1.82) is 0 Å². The van der Waals surface area contributed by atoms with Crippen molar-refractivity contribution >= 4 is 5.97 Å². The number of rotatable bonds is 18. The quantitative estimate of drug-likeness (QED) is 0.298. The molecular weight excluding hydrogens is 288 g/mol. The van der Waals surface area contributed by atoms with E-state index in [0.717, 1.165) is 25.9 Å². The topological polar surface area (TPSA) is 46.5 Å². The zero-order valence-electron chi connectivity index (χ0n) is 15.7. The zero-order chi connectivity index (χ0) is 17.2. The standard InChI is InChI=1S/C20H40O3/c1-3-5-7-9-10-11-12-13-14-16-19(18-20(21)22)23-17-15-8-6-4-2/h19H,3-18H2,1-2H3,(H,21,22)/t19-/m1/s1. The maximum absolute atomic E-state index is 10.9. The van der Waals surface area contributed by atoms with E-state index in [-0.39, 0.29) is 12.5 Å². The Balaban J connectivity index is 3.57. The minimum absolute atomic E-state index is 0.0846. The Hall–Kier alpha value is -0.570. The first-order valence-electron chi connectivity index (χ1n) is 10.0. The molecule has 0 aromatic heterocycles. The molecule has 138 valence electrons. The molecule has 0 aliphatic heterocycles. The first kappa shape index (κ1) is 22.4. The van der Waals surface area contributed by atoms with Gasteiger partial charge in [0.15, 0.2) is 0 Å². The molecule has 0 aliphatic carbocycles. The molecule has 0 aromatic rings. The van der Waals surface area contributed by atoms with Gasteiger partial charge < -0.3 is 9.84 Å². The molecule has 0 heterocycles. The second-order valence-electron chi connectivity index (χ2n) is 6.77. The van der Waals surface area contributed by atoms with Crippen molar-refractivity contribution in [1.82, 2.24) is 0 Å². The number of aliphatic carboxylic acids is 1. The third-order valence-electron chi connectivity index (χ3n) is 4.38. The molecule has 0 amide bonds. The van der Waals surface area contributed by atoms with Crippen molar-refractivity contribution in [3.8, 4) is 0 Å². The SMILES string of the molecule is CCCCCCCCCCC[C@H](CC(=O)O)OCCCCCC. The Labute approximate surface area is 144 Å². The van der Waals surface area contributed by atoms with Crippen LogP contribution >= 0.6 is 0 Å². The molecule has 0 spiro atoms. The van der Waals surface area contributed by atoms with E-state index in [9.17, 15) is 4.79 Å². The van der Waals surface area contributed by atoms with Gasteiger partial charge in [-0.3, -0.25) is 4.79 Å². The summed E-state index contributed by atoms with van der Waals surface area (Å²) in [4.78, 5) is 10.9. The third-order valence-corrected chi connectivity index (χ3v) is 4.38. The predicted octanol–water partition coefficient (Wildman–Crippen LogP) is 6.35. The average Bonchev–Trinajstić information content (AvgIpc) is 2.52. The zero-order valence-corrected chi connectivity index (χ0v) is 15.7. The lowest BCUT2D eigenvalue weighted by atomic mass is 10.0.